The van der Waals surface area contributed by atoms with E-state index in [1.54, 1.807) is 7.11 Å². The van der Waals surface area contributed by atoms with Gasteiger partial charge in [-0.1, -0.05) is 23.7 Å². The standard InChI is InChI=1S/C19H23ClN2O3/c1-12-9-17(10-13(2)18(12)20)25-11-21-19(23)22-14(3)15-5-7-16(24-4)8-6-15/h5-10,14H,11H2,1-4H3,(H2,21,22,23). The first-order chi connectivity index (χ1) is 11.9. The lowest BCUT2D eigenvalue weighted by Gasteiger charge is -2.16. The van der Waals surface area contributed by atoms with Crippen LogP contribution in [0.1, 0.15) is 29.7 Å². The molecule has 0 saturated heterocycles. The van der Waals surface area contributed by atoms with Gasteiger partial charge in [-0.2, -0.15) is 0 Å². The predicted octanol–water partition coefficient (Wildman–Crippen LogP) is 4.36. The predicted molar refractivity (Wildman–Crippen MR) is 99.5 cm³/mol. The summed E-state index contributed by atoms with van der Waals surface area (Å²) in [5.41, 5.74) is 2.87. The average molecular weight is 363 g/mol. The molecule has 0 saturated carbocycles. The van der Waals surface area contributed by atoms with Crippen molar-refractivity contribution in [1.29, 1.82) is 0 Å². The van der Waals surface area contributed by atoms with Gasteiger partial charge in [0.1, 0.15) is 11.5 Å². The van der Waals surface area contributed by atoms with Crippen LogP contribution in [0.4, 0.5) is 4.79 Å². The van der Waals surface area contributed by atoms with Crippen LogP contribution < -0.4 is 20.1 Å². The smallest absolute Gasteiger partial charge is 0.317 e. The third kappa shape index (κ3) is 5.29. The van der Waals surface area contributed by atoms with Crippen molar-refractivity contribution in [2.24, 2.45) is 0 Å². The molecule has 2 amide bonds. The van der Waals surface area contributed by atoms with Crippen molar-refractivity contribution in [3.05, 3.63) is 58.1 Å². The number of urea groups is 1. The zero-order valence-electron chi connectivity index (χ0n) is 14.9. The summed E-state index contributed by atoms with van der Waals surface area (Å²) in [7, 11) is 1.62. The second kappa shape index (κ2) is 8.62. The molecule has 1 atom stereocenters. The molecule has 0 aliphatic rings. The van der Waals surface area contributed by atoms with Crippen LogP contribution in [0.15, 0.2) is 36.4 Å². The van der Waals surface area contributed by atoms with E-state index in [0.29, 0.717) is 5.75 Å². The quantitative estimate of drug-likeness (QED) is 0.750. The van der Waals surface area contributed by atoms with Crippen LogP contribution in [0.2, 0.25) is 5.02 Å². The third-order valence-electron chi connectivity index (χ3n) is 3.84. The molecule has 2 rings (SSSR count). The van der Waals surface area contributed by atoms with Crippen LogP contribution in [0.25, 0.3) is 0 Å². The highest BCUT2D eigenvalue weighted by Gasteiger charge is 2.10. The normalized spacial score (nSPS) is 11.6. The van der Waals surface area contributed by atoms with E-state index >= 15 is 0 Å². The maximum absolute atomic E-state index is 12.0. The fourth-order valence-corrected chi connectivity index (χ4v) is 2.51. The van der Waals surface area contributed by atoms with Crippen LogP contribution in [0.5, 0.6) is 11.5 Å². The first kappa shape index (κ1) is 18.9. The zero-order chi connectivity index (χ0) is 18.4. The number of hydrogen-bond acceptors (Lipinski definition) is 3. The highest BCUT2D eigenvalue weighted by molar-refractivity contribution is 6.32. The van der Waals surface area contributed by atoms with E-state index in [-0.39, 0.29) is 18.8 Å². The molecule has 1 unspecified atom stereocenters. The maximum atomic E-state index is 12.0. The Bertz CT molecular complexity index is 709. The van der Waals surface area contributed by atoms with Crippen LogP contribution in [0.3, 0.4) is 0 Å². The molecule has 0 aromatic heterocycles. The van der Waals surface area contributed by atoms with Crippen molar-refractivity contribution in [2.45, 2.75) is 26.8 Å². The molecule has 0 fully saturated rings. The second-order valence-corrected chi connectivity index (χ2v) is 6.18. The maximum Gasteiger partial charge on any atom is 0.317 e. The highest BCUT2D eigenvalue weighted by Crippen LogP contribution is 2.25. The van der Waals surface area contributed by atoms with Crippen LogP contribution in [-0.2, 0) is 0 Å². The number of hydrogen-bond donors (Lipinski definition) is 2. The minimum absolute atomic E-state index is 0.0711. The molecule has 25 heavy (non-hydrogen) atoms. The minimum atomic E-state index is -0.300. The average Bonchev–Trinajstić information content (AvgIpc) is 2.59. The lowest BCUT2D eigenvalue weighted by molar-refractivity contribution is 0.221. The Balaban J connectivity index is 1.82. The molecule has 2 N–H and O–H groups in total. The first-order valence-electron chi connectivity index (χ1n) is 7.98. The van der Waals surface area contributed by atoms with E-state index in [0.717, 1.165) is 27.5 Å². The van der Waals surface area contributed by atoms with E-state index in [1.165, 1.54) is 0 Å². The number of carbonyl (C=O) groups is 1. The summed E-state index contributed by atoms with van der Waals surface area (Å²) in [4.78, 5) is 12.0. The van der Waals surface area contributed by atoms with Gasteiger partial charge >= 0.3 is 6.03 Å². The van der Waals surface area contributed by atoms with Gasteiger partial charge in [0.25, 0.3) is 0 Å². The summed E-state index contributed by atoms with van der Waals surface area (Å²) in [5, 5.41) is 6.27. The van der Waals surface area contributed by atoms with Crippen LogP contribution in [0, 0.1) is 13.8 Å². The number of ether oxygens (including phenoxy) is 2. The fourth-order valence-electron chi connectivity index (χ4n) is 2.40. The van der Waals surface area contributed by atoms with Gasteiger partial charge in [0, 0.05) is 5.02 Å². The molecular weight excluding hydrogens is 340 g/mol. The first-order valence-corrected chi connectivity index (χ1v) is 8.36. The zero-order valence-corrected chi connectivity index (χ0v) is 15.6. The molecule has 2 aromatic rings. The topological polar surface area (TPSA) is 59.6 Å². The highest BCUT2D eigenvalue weighted by atomic mass is 35.5. The lowest BCUT2D eigenvalue weighted by Crippen LogP contribution is -2.38. The van der Waals surface area contributed by atoms with Crippen molar-refractivity contribution in [3.8, 4) is 11.5 Å². The number of rotatable bonds is 6. The Morgan fingerprint density at radius 3 is 2.28 bits per heavy atom. The van der Waals surface area contributed by atoms with Gasteiger partial charge in [0.05, 0.1) is 13.2 Å². The summed E-state index contributed by atoms with van der Waals surface area (Å²) in [6.07, 6.45) is 0. The molecule has 0 aliphatic heterocycles. The Kier molecular flexibility index (Phi) is 6.53. The molecule has 0 radical (unpaired) electrons. The van der Waals surface area contributed by atoms with E-state index in [2.05, 4.69) is 10.6 Å². The monoisotopic (exact) mass is 362 g/mol. The van der Waals surface area contributed by atoms with Crippen molar-refractivity contribution in [3.63, 3.8) is 0 Å². The van der Waals surface area contributed by atoms with Crippen molar-refractivity contribution < 1.29 is 14.3 Å². The van der Waals surface area contributed by atoms with Gasteiger partial charge in [0.15, 0.2) is 6.73 Å². The Morgan fingerprint density at radius 2 is 1.72 bits per heavy atom. The Morgan fingerprint density at radius 1 is 1.12 bits per heavy atom. The number of amides is 2. The molecule has 0 heterocycles. The number of methoxy groups -OCH3 is 1. The number of nitrogens with one attached hydrogen (secondary N) is 2. The summed E-state index contributed by atoms with van der Waals surface area (Å²) in [6, 6.07) is 10.8. The van der Waals surface area contributed by atoms with Crippen molar-refractivity contribution in [1.82, 2.24) is 10.6 Å². The molecule has 0 spiro atoms. The second-order valence-electron chi connectivity index (χ2n) is 5.80. The van der Waals surface area contributed by atoms with E-state index in [1.807, 2.05) is 57.2 Å². The molecule has 2 aromatic carbocycles. The van der Waals surface area contributed by atoms with Crippen molar-refractivity contribution >= 4 is 17.6 Å². The molecule has 5 nitrogen and oxygen atoms in total. The van der Waals surface area contributed by atoms with E-state index < -0.39 is 0 Å². The van der Waals surface area contributed by atoms with Crippen LogP contribution in [-0.4, -0.2) is 19.9 Å². The largest absolute Gasteiger partial charge is 0.497 e. The summed E-state index contributed by atoms with van der Waals surface area (Å²) in [6.45, 7) is 5.81. The SMILES string of the molecule is COc1ccc(C(C)NC(=O)NCOc2cc(C)c(Cl)c(C)c2)cc1. The molecule has 0 aliphatic carbocycles. The molecular formula is C19H23ClN2O3. The molecule has 134 valence electrons. The summed E-state index contributed by atoms with van der Waals surface area (Å²) in [5.74, 6) is 1.45. The van der Waals surface area contributed by atoms with Gasteiger partial charge in [-0.25, -0.2) is 4.79 Å². The van der Waals surface area contributed by atoms with Gasteiger partial charge in [-0.3, -0.25) is 0 Å². The van der Waals surface area contributed by atoms with Gasteiger partial charge in [0.2, 0.25) is 0 Å². The van der Waals surface area contributed by atoms with Crippen molar-refractivity contribution in [2.75, 3.05) is 13.8 Å². The van der Waals surface area contributed by atoms with Crippen LogP contribution >= 0.6 is 11.6 Å². The van der Waals surface area contributed by atoms with Gasteiger partial charge < -0.3 is 20.1 Å². The number of carbonyl (C=O) groups excluding carboxylic acids is 1. The van der Waals surface area contributed by atoms with E-state index in [4.69, 9.17) is 21.1 Å². The minimum Gasteiger partial charge on any atom is -0.497 e. The lowest BCUT2D eigenvalue weighted by atomic mass is 10.1. The number of benzene rings is 2. The number of halogens is 1. The Hall–Kier alpha value is -2.40. The van der Waals surface area contributed by atoms with Gasteiger partial charge in [-0.05, 0) is 61.7 Å². The molecule has 0 bridgehead atoms. The molecule has 6 heteroatoms. The summed E-state index contributed by atoms with van der Waals surface area (Å²) < 4.78 is 10.7. The third-order valence-corrected chi connectivity index (χ3v) is 4.44. The number of aryl methyl sites for hydroxylation is 2. The van der Waals surface area contributed by atoms with E-state index in [9.17, 15) is 4.79 Å². The Labute approximate surface area is 153 Å². The fraction of sp³-hybridized carbons (Fsp3) is 0.316. The van der Waals surface area contributed by atoms with Gasteiger partial charge in [-0.15, -0.1) is 0 Å². The summed E-state index contributed by atoms with van der Waals surface area (Å²) >= 11 is 6.13.